The quantitative estimate of drug-likeness (QED) is 0.764. The van der Waals surface area contributed by atoms with Crippen LogP contribution in [0.25, 0.3) is 0 Å². The van der Waals surface area contributed by atoms with Gasteiger partial charge < -0.3 is 4.90 Å². The Bertz CT molecular complexity index is 647. The van der Waals surface area contributed by atoms with E-state index in [0.29, 0.717) is 24.5 Å². The molecular weight excluding hydrogens is 370 g/mol. The van der Waals surface area contributed by atoms with E-state index in [2.05, 4.69) is 26.1 Å². The third kappa shape index (κ3) is 4.10. The summed E-state index contributed by atoms with van der Waals surface area (Å²) in [5.74, 6) is 0.0437. The van der Waals surface area contributed by atoms with E-state index < -0.39 is 0 Å². The average molecular weight is 389 g/mol. The van der Waals surface area contributed by atoms with Gasteiger partial charge in [-0.3, -0.25) is 14.2 Å². The average Bonchev–Trinajstić information content (AvgIpc) is 2.99. The van der Waals surface area contributed by atoms with E-state index in [0.717, 1.165) is 22.4 Å². The molecule has 0 spiro atoms. The van der Waals surface area contributed by atoms with Crippen molar-refractivity contribution in [2.24, 2.45) is 0 Å². The lowest BCUT2D eigenvalue weighted by Gasteiger charge is -2.16. The third-order valence-electron chi connectivity index (χ3n) is 3.37. The van der Waals surface area contributed by atoms with Gasteiger partial charge in [0.05, 0.1) is 27.4 Å². The van der Waals surface area contributed by atoms with Gasteiger partial charge in [0.25, 0.3) is 0 Å². The lowest BCUT2D eigenvalue weighted by Crippen LogP contribution is -2.27. The van der Waals surface area contributed by atoms with Gasteiger partial charge in [-0.05, 0) is 29.8 Å². The Balaban J connectivity index is 1.90. The van der Waals surface area contributed by atoms with Crippen molar-refractivity contribution in [3.05, 3.63) is 33.3 Å². The number of hydrogen-bond donors (Lipinski definition) is 0. The lowest BCUT2D eigenvalue weighted by atomic mass is 10.3. The highest BCUT2D eigenvalue weighted by Crippen LogP contribution is 2.17. The zero-order valence-corrected chi connectivity index (χ0v) is 15.2. The van der Waals surface area contributed by atoms with Crippen LogP contribution >= 0.6 is 27.5 Å². The van der Waals surface area contributed by atoms with Crippen molar-refractivity contribution >= 4 is 33.4 Å². The number of amides is 1. The monoisotopic (exact) mass is 387 g/mol. The number of aryl methyl sites for hydroxylation is 3. The summed E-state index contributed by atoms with van der Waals surface area (Å²) in [6, 6.07) is 0. The molecule has 0 unspecified atom stereocenters. The van der Waals surface area contributed by atoms with Gasteiger partial charge in [0.2, 0.25) is 5.91 Å². The van der Waals surface area contributed by atoms with Crippen LogP contribution in [0, 0.1) is 6.92 Å². The van der Waals surface area contributed by atoms with E-state index in [9.17, 15) is 4.79 Å². The largest absolute Gasteiger partial charge is 0.340 e. The van der Waals surface area contributed by atoms with Gasteiger partial charge in [-0.2, -0.15) is 10.2 Å². The fraction of sp³-hybridized carbons (Fsp3) is 0.500. The molecule has 120 valence electrons. The minimum atomic E-state index is 0.0437. The Labute approximate surface area is 143 Å². The molecule has 0 fully saturated rings. The number of aromatic nitrogens is 4. The van der Waals surface area contributed by atoms with E-state index in [1.165, 1.54) is 0 Å². The second-order valence-corrected chi connectivity index (χ2v) is 6.37. The normalized spacial score (nSPS) is 11.0. The number of carbonyl (C=O) groups excluding carboxylic acids is 1. The first-order chi connectivity index (χ1) is 10.4. The van der Waals surface area contributed by atoms with Crippen molar-refractivity contribution in [1.29, 1.82) is 0 Å². The first-order valence-electron chi connectivity index (χ1n) is 7.06. The van der Waals surface area contributed by atoms with Crippen molar-refractivity contribution in [3.63, 3.8) is 0 Å². The van der Waals surface area contributed by atoms with Crippen LogP contribution in [-0.2, 0) is 24.4 Å². The highest BCUT2D eigenvalue weighted by molar-refractivity contribution is 9.10. The summed E-state index contributed by atoms with van der Waals surface area (Å²) < 4.78 is 4.46. The SMILES string of the molecule is CCn1cc(Br)c(CN(C)C(=O)CCn2cc(Cl)c(C)n2)n1. The highest BCUT2D eigenvalue weighted by atomic mass is 79.9. The lowest BCUT2D eigenvalue weighted by molar-refractivity contribution is -0.130. The Kier molecular flexibility index (Phi) is 5.63. The van der Waals surface area contributed by atoms with Gasteiger partial charge in [-0.25, -0.2) is 0 Å². The molecule has 1 amide bonds. The molecule has 0 bridgehead atoms. The number of carbonyl (C=O) groups is 1. The van der Waals surface area contributed by atoms with Gasteiger partial charge in [-0.15, -0.1) is 0 Å². The summed E-state index contributed by atoms with van der Waals surface area (Å²) in [5, 5.41) is 9.29. The van der Waals surface area contributed by atoms with E-state index in [-0.39, 0.29) is 5.91 Å². The van der Waals surface area contributed by atoms with Crippen LogP contribution in [0.1, 0.15) is 24.7 Å². The van der Waals surface area contributed by atoms with Crippen LogP contribution in [0.2, 0.25) is 5.02 Å². The molecule has 0 aliphatic heterocycles. The molecule has 0 aromatic carbocycles. The molecule has 0 saturated carbocycles. The molecular formula is C14H19BrClN5O. The van der Waals surface area contributed by atoms with E-state index in [4.69, 9.17) is 11.6 Å². The van der Waals surface area contributed by atoms with E-state index >= 15 is 0 Å². The van der Waals surface area contributed by atoms with Crippen LogP contribution in [0.3, 0.4) is 0 Å². The molecule has 0 saturated heterocycles. The zero-order chi connectivity index (χ0) is 16.3. The fourth-order valence-corrected chi connectivity index (χ4v) is 2.62. The first kappa shape index (κ1) is 17.0. The van der Waals surface area contributed by atoms with Crippen LogP contribution in [0.5, 0.6) is 0 Å². The standard InChI is InChI=1S/C14H19BrClN5O/c1-4-20-7-11(15)13(18-20)9-19(3)14(22)5-6-21-8-12(16)10(2)17-21/h7-8H,4-6,9H2,1-3H3. The first-order valence-corrected chi connectivity index (χ1v) is 8.23. The van der Waals surface area contributed by atoms with E-state index in [1.54, 1.807) is 22.8 Å². The maximum Gasteiger partial charge on any atom is 0.224 e. The highest BCUT2D eigenvalue weighted by Gasteiger charge is 2.14. The van der Waals surface area contributed by atoms with E-state index in [1.807, 2.05) is 24.7 Å². The van der Waals surface area contributed by atoms with Crippen LogP contribution in [0.4, 0.5) is 0 Å². The number of rotatable bonds is 6. The molecule has 2 heterocycles. The summed E-state index contributed by atoms with van der Waals surface area (Å²) in [6.45, 7) is 5.66. The van der Waals surface area contributed by atoms with Crippen LogP contribution < -0.4 is 0 Å². The minimum Gasteiger partial charge on any atom is -0.340 e. The Hall–Kier alpha value is -1.34. The summed E-state index contributed by atoms with van der Waals surface area (Å²) in [4.78, 5) is 13.9. The van der Waals surface area contributed by atoms with Gasteiger partial charge >= 0.3 is 0 Å². The molecule has 2 aromatic rings. The van der Waals surface area contributed by atoms with Gasteiger partial charge in [0.15, 0.2) is 0 Å². The van der Waals surface area contributed by atoms with Crippen molar-refractivity contribution in [2.75, 3.05) is 7.05 Å². The summed E-state index contributed by atoms with van der Waals surface area (Å²) in [7, 11) is 1.78. The molecule has 0 atom stereocenters. The molecule has 6 nitrogen and oxygen atoms in total. The molecule has 2 rings (SSSR count). The molecule has 0 N–H and O–H groups in total. The second kappa shape index (κ2) is 7.28. The Morgan fingerprint density at radius 3 is 2.64 bits per heavy atom. The molecule has 0 radical (unpaired) electrons. The number of halogens is 2. The predicted molar refractivity (Wildman–Crippen MR) is 88.7 cm³/mol. The molecule has 22 heavy (non-hydrogen) atoms. The predicted octanol–water partition coefficient (Wildman–Crippen LogP) is 2.87. The molecule has 0 aliphatic rings. The summed E-state index contributed by atoms with van der Waals surface area (Å²) >= 11 is 9.43. The Morgan fingerprint density at radius 1 is 1.36 bits per heavy atom. The van der Waals surface area contributed by atoms with Crippen molar-refractivity contribution in [3.8, 4) is 0 Å². The smallest absolute Gasteiger partial charge is 0.224 e. The topological polar surface area (TPSA) is 56.0 Å². The number of nitrogens with zero attached hydrogens (tertiary/aromatic N) is 5. The fourth-order valence-electron chi connectivity index (χ4n) is 2.03. The molecule has 0 aliphatic carbocycles. The van der Waals surface area contributed by atoms with Crippen molar-refractivity contribution in [2.45, 2.75) is 39.9 Å². The van der Waals surface area contributed by atoms with Gasteiger partial charge in [-0.1, -0.05) is 11.6 Å². The van der Waals surface area contributed by atoms with Crippen molar-refractivity contribution in [1.82, 2.24) is 24.5 Å². The number of hydrogen-bond acceptors (Lipinski definition) is 3. The maximum atomic E-state index is 12.2. The summed E-state index contributed by atoms with van der Waals surface area (Å²) in [6.07, 6.45) is 4.03. The summed E-state index contributed by atoms with van der Waals surface area (Å²) in [5.41, 5.74) is 1.63. The van der Waals surface area contributed by atoms with Crippen LogP contribution in [0.15, 0.2) is 16.9 Å². The minimum absolute atomic E-state index is 0.0437. The van der Waals surface area contributed by atoms with Gasteiger partial charge in [0.1, 0.15) is 0 Å². The van der Waals surface area contributed by atoms with Crippen LogP contribution in [-0.4, -0.2) is 37.4 Å². The van der Waals surface area contributed by atoms with Gasteiger partial charge in [0, 0.05) is 39.0 Å². The second-order valence-electron chi connectivity index (χ2n) is 5.10. The molecule has 2 aromatic heterocycles. The maximum absolute atomic E-state index is 12.2. The zero-order valence-electron chi connectivity index (χ0n) is 12.9. The Morgan fingerprint density at radius 2 is 2.09 bits per heavy atom. The van der Waals surface area contributed by atoms with Crippen molar-refractivity contribution < 1.29 is 4.79 Å². The third-order valence-corrected chi connectivity index (χ3v) is 4.40. The molecule has 8 heteroatoms.